The molecule has 1 amide bonds. The molecule has 0 aliphatic rings. The van der Waals surface area contributed by atoms with E-state index in [-0.39, 0.29) is 5.69 Å². The first-order valence-corrected chi connectivity index (χ1v) is 7.85. The number of unbranched alkanes of at least 4 members (excludes halogenated alkanes) is 1. The van der Waals surface area contributed by atoms with E-state index >= 15 is 0 Å². The van der Waals surface area contributed by atoms with Gasteiger partial charge in [-0.1, -0.05) is 13.3 Å². The van der Waals surface area contributed by atoms with Crippen LogP contribution in [-0.2, 0) is 0 Å². The van der Waals surface area contributed by atoms with Crippen LogP contribution in [0.2, 0.25) is 0 Å². The van der Waals surface area contributed by atoms with Gasteiger partial charge in [0.1, 0.15) is 17.3 Å². The molecule has 1 aromatic carbocycles. The number of hydrogen-bond acceptors (Lipinski definition) is 4. The number of aromatic nitrogens is 2. The van der Waals surface area contributed by atoms with Gasteiger partial charge in [0.15, 0.2) is 17.5 Å². The Morgan fingerprint density at radius 3 is 2.60 bits per heavy atom. The van der Waals surface area contributed by atoms with Crippen molar-refractivity contribution in [2.24, 2.45) is 0 Å². The van der Waals surface area contributed by atoms with E-state index in [0.717, 1.165) is 31.5 Å². The lowest BCUT2D eigenvalue weighted by molar-refractivity contribution is 0.102. The largest absolute Gasteiger partial charge is 0.360 e. The Labute approximate surface area is 143 Å². The van der Waals surface area contributed by atoms with Crippen LogP contribution in [0.3, 0.4) is 0 Å². The number of benzene rings is 1. The summed E-state index contributed by atoms with van der Waals surface area (Å²) in [5.74, 6) is -4.24. The van der Waals surface area contributed by atoms with E-state index in [2.05, 4.69) is 22.2 Å². The van der Waals surface area contributed by atoms with Gasteiger partial charge in [-0.2, -0.15) is 0 Å². The van der Waals surface area contributed by atoms with Crippen molar-refractivity contribution < 1.29 is 18.0 Å². The molecule has 0 radical (unpaired) electrons. The first-order valence-electron chi connectivity index (χ1n) is 7.85. The van der Waals surface area contributed by atoms with E-state index in [4.69, 9.17) is 0 Å². The van der Waals surface area contributed by atoms with Crippen LogP contribution in [-0.4, -0.2) is 29.5 Å². The Kier molecular flexibility index (Phi) is 5.95. The smallest absolute Gasteiger partial charge is 0.274 e. The molecule has 1 heterocycles. The molecule has 2 aromatic rings. The van der Waals surface area contributed by atoms with E-state index in [1.807, 2.05) is 11.9 Å². The van der Waals surface area contributed by atoms with Crippen molar-refractivity contribution in [2.45, 2.75) is 26.7 Å². The zero-order chi connectivity index (χ0) is 18.6. The lowest BCUT2D eigenvalue weighted by atomic mass is 10.2. The van der Waals surface area contributed by atoms with E-state index in [0.29, 0.717) is 11.6 Å². The number of nitrogens with zero attached hydrogens (tertiary/aromatic N) is 3. The SMILES string of the molecule is CCCCN(C)c1cc(C(=O)Nc2ccc(F)c(F)c2F)nc(C)n1. The quantitative estimate of drug-likeness (QED) is 0.806. The normalized spacial score (nSPS) is 10.6. The van der Waals surface area contributed by atoms with Crippen molar-refractivity contribution >= 4 is 17.4 Å². The Balaban J connectivity index is 2.25. The zero-order valence-electron chi connectivity index (χ0n) is 14.2. The standard InChI is InChI=1S/C17H19F3N4O/c1-4-5-8-24(3)14-9-13(21-10(2)22-14)17(25)23-12-7-6-11(18)15(19)16(12)20/h6-7,9H,4-5,8H2,1-3H3,(H,23,25). The molecule has 0 atom stereocenters. The Bertz CT molecular complexity index is 783. The number of aryl methyl sites for hydroxylation is 1. The summed E-state index contributed by atoms with van der Waals surface area (Å²) >= 11 is 0. The number of carbonyl (C=O) groups excluding carboxylic acids is 1. The van der Waals surface area contributed by atoms with Gasteiger partial charge < -0.3 is 10.2 Å². The second-order valence-corrected chi connectivity index (χ2v) is 5.61. The van der Waals surface area contributed by atoms with Crippen LogP contribution in [0.15, 0.2) is 18.2 Å². The summed E-state index contributed by atoms with van der Waals surface area (Å²) in [4.78, 5) is 22.5. The van der Waals surface area contributed by atoms with Crippen LogP contribution >= 0.6 is 0 Å². The second-order valence-electron chi connectivity index (χ2n) is 5.61. The number of amides is 1. The molecule has 0 aliphatic heterocycles. The van der Waals surface area contributed by atoms with Crippen LogP contribution in [0.5, 0.6) is 0 Å². The third-order valence-electron chi connectivity index (χ3n) is 3.58. The van der Waals surface area contributed by atoms with Crippen LogP contribution in [0, 0.1) is 24.4 Å². The molecule has 0 bridgehead atoms. The van der Waals surface area contributed by atoms with Gasteiger partial charge in [-0.3, -0.25) is 4.79 Å². The third-order valence-corrected chi connectivity index (χ3v) is 3.58. The minimum absolute atomic E-state index is 0.00924. The third kappa shape index (κ3) is 4.46. The first kappa shape index (κ1) is 18.7. The molecule has 0 fully saturated rings. The van der Waals surface area contributed by atoms with E-state index < -0.39 is 29.0 Å². The molecule has 1 N–H and O–H groups in total. The summed E-state index contributed by atoms with van der Waals surface area (Å²) in [6.45, 7) is 4.45. The average molecular weight is 352 g/mol. The summed E-state index contributed by atoms with van der Waals surface area (Å²) in [7, 11) is 1.84. The number of anilines is 2. The fraction of sp³-hybridized carbons (Fsp3) is 0.353. The summed E-state index contributed by atoms with van der Waals surface area (Å²) < 4.78 is 39.9. The van der Waals surface area contributed by atoms with Crippen molar-refractivity contribution in [1.82, 2.24) is 9.97 Å². The van der Waals surface area contributed by atoms with Crippen molar-refractivity contribution in [3.63, 3.8) is 0 Å². The van der Waals surface area contributed by atoms with Crippen LogP contribution in [0.1, 0.15) is 36.1 Å². The summed E-state index contributed by atoms with van der Waals surface area (Å²) in [6, 6.07) is 3.16. The fourth-order valence-electron chi connectivity index (χ4n) is 2.18. The maximum Gasteiger partial charge on any atom is 0.274 e. The van der Waals surface area contributed by atoms with Crippen molar-refractivity contribution in [3.8, 4) is 0 Å². The van der Waals surface area contributed by atoms with Crippen molar-refractivity contribution in [1.29, 1.82) is 0 Å². The van der Waals surface area contributed by atoms with Gasteiger partial charge in [0, 0.05) is 19.7 Å². The van der Waals surface area contributed by atoms with Crippen LogP contribution in [0.4, 0.5) is 24.7 Å². The molecule has 0 spiro atoms. The highest BCUT2D eigenvalue weighted by Crippen LogP contribution is 2.20. The second kappa shape index (κ2) is 7.96. The Morgan fingerprint density at radius 2 is 1.92 bits per heavy atom. The van der Waals surface area contributed by atoms with Crippen molar-refractivity contribution in [3.05, 3.63) is 47.2 Å². The van der Waals surface area contributed by atoms with Gasteiger partial charge in [-0.05, 0) is 25.5 Å². The molecule has 8 heteroatoms. The molecular weight excluding hydrogens is 333 g/mol. The average Bonchev–Trinajstić information content (AvgIpc) is 2.59. The fourth-order valence-corrected chi connectivity index (χ4v) is 2.18. The number of carbonyl (C=O) groups is 1. The first-order chi connectivity index (χ1) is 11.8. The summed E-state index contributed by atoms with van der Waals surface area (Å²) in [6.07, 6.45) is 1.97. The van der Waals surface area contributed by atoms with Gasteiger partial charge in [-0.15, -0.1) is 0 Å². The molecule has 2 rings (SSSR count). The molecule has 0 saturated carbocycles. The van der Waals surface area contributed by atoms with Crippen LogP contribution < -0.4 is 10.2 Å². The van der Waals surface area contributed by atoms with Gasteiger partial charge in [-0.25, -0.2) is 23.1 Å². The maximum absolute atomic E-state index is 13.7. The van der Waals surface area contributed by atoms with E-state index in [1.165, 1.54) is 6.07 Å². The Hall–Kier alpha value is -2.64. The van der Waals surface area contributed by atoms with Gasteiger partial charge in [0.2, 0.25) is 0 Å². The number of halogens is 3. The van der Waals surface area contributed by atoms with Gasteiger partial charge in [0.05, 0.1) is 5.69 Å². The molecule has 0 saturated heterocycles. The number of nitrogens with one attached hydrogen (secondary N) is 1. The van der Waals surface area contributed by atoms with Gasteiger partial charge in [0.25, 0.3) is 5.91 Å². The zero-order valence-corrected chi connectivity index (χ0v) is 14.2. The molecule has 5 nitrogen and oxygen atoms in total. The van der Waals surface area contributed by atoms with Crippen molar-refractivity contribution in [2.75, 3.05) is 23.8 Å². The summed E-state index contributed by atoms with van der Waals surface area (Å²) in [5, 5.41) is 2.20. The molecular formula is C17H19F3N4O. The predicted octanol–water partition coefficient (Wildman–Crippen LogP) is 3.69. The lowest BCUT2D eigenvalue weighted by Gasteiger charge is -2.18. The molecule has 0 unspecified atom stereocenters. The number of rotatable bonds is 6. The molecule has 1 aromatic heterocycles. The predicted molar refractivity (Wildman–Crippen MR) is 89.2 cm³/mol. The highest BCUT2D eigenvalue weighted by atomic mass is 19.2. The summed E-state index contributed by atoms with van der Waals surface area (Å²) in [5.41, 5.74) is -0.448. The van der Waals surface area contributed by atoms with Gasteiger partial charge >= 0.3 is 0 Å². The highest BCUT2D eigenvalue weighted by Gasteiger charge is 2.18. The minimum Gasteiger partial charge on any atom is -0.360 e. The minimum atomic E-state index is -1.64. The topological polar surface area (TPSA) is 58.1 Å². The lowest BCUT2D eigenvalue weighted by Crippen LogP contribution is -2.22. The van der Waals surface area contributed by atoms with E-state index in [1.54, 1.807) is 6.92 Å². The monoisotopic (exact) mass is 352 g/mol. The number of hydrogen-bond donors (Lipinski definition) is 1. The molecule has 0 aliphatic carbocycles. The van der Waals surface area contributed by atoms with Crippen LogP contribution in [0.25, 0.3) is 0 Å². The highest BCUT2D eigenvalue weighted by molar-refractivity contribution is 6.03. The molecule has 134 valence electrons. The molecule has 25 heavy (non-hydrogen) atoms. The van der Waals surface area contributed by atoms with E-state index in [9.17, 15) is 18.0 Å². The Morgan fingerprint density at radius 1 is 1.20 bits per heavy atom. The maximum atomic E-state index is 13.7.